The molecule has 0 bridgehead atoms. The molecule has 104 valence electrons. The number of hydrogen-bond acceptors (Lipinski definition) is 3. The van der Waals surface area contributed by atoms with Crippen molar-refractivity contribution < 1.29 is 14.6 Å². The Kier molecular flexibility index (Phi) is 4.30. The summed E-state index contributed by atoms with van der Waals surface area (Å²) < 4.78 is 5.47. The molecule has 2 N–H and O–H groups in total. The van der Waals surface area contributed by atoms with Gasteiger partial charge in [0.1, 0.15) is 11.9 Å². The van der Waals surface area contributed by atoms with Crippen LogP contribution in [0.2, 0.25) is 0 Å². The molecule has 3 atom stereocenters. The highest BCUT2D eigenvalue weighted by atomic mass is 16.6. The van der Waals surface area contributed by atoms with Gasteiger partial charge in [0.05, 0.1) is 5.69 Å². The number of ether oxygens (including phenoxy) is 1. The van der Waals surface area contributed by atoms with Gasteiger partial charge in [-0.25, -0.2) is 4.79 Å². The first-order valence-corrected chi connectivity index (χ1v) is 6.83. The van der Waals surface area contributed by atoms with Gasteiger partial charge in [0.15, 0.2) is 0 Å². The van der Waals surface area contributed by atoms with Crippen LogP contribution in [0.4, 0.5) is 10.5 Å². The molecule has 1 aromatic rings. The number of phenolic OH excluding ortho intramolecular Hbond substituents is 1. The molecule has 19 heavy (non-hydrogen) atoms. The second kappa shape index (κ2) is 5.95. The van der Waals surface area contributed by atoms with E-state index in [-0.39, 0.29) is 11.9 Å². The molecule has 3 unspecified atom stereocenters. The van der Waals surface area contributed by atoms with Gasteiger partial charge >= 0.3 is 6.09 Å². The minimum Gasteiger partial charge on any atom is -0.506 e. The summed E-state index contributed by atoms with van der Waals surface area (Å²) in [6.07, 6.45) is 2.68. The predicted octanol–water partition coefficient (Wildman–Crippen LogP) is 3.77. The van der Waals surface area contributed by atoms with Crippen molar-refractivity contribution in [2.24, 2.45) is 11.8 Å². The Morgan fingerprint density at radius 3 is 2.79 bits per heavy atom. The first-order valence-electron chi connectivity index (χ1n) is 6.83. The van der Waals surface area contributed by atoms with Crippen LogP contribution in [-0.4, -0.2) is 17.3 Å². The lowest BCUT2D eigenvalue weighted by Gasteiger charge is -2.33. The van der Waals surface area contributed by atoms with Crippen LogP contribution in [0.5, 0.6) is 5.75 Å². The molecule has 1 amide bonds. The van der Waals surface area contributed by atoms with E-state index in [1.54, 1.807) is 18.2 Å². The smallest absolute Gasteiger partial charge is 0.412 e. The Morgan fingerprint density at radius 1 is 1.32 bits per heavy atom. The zero-order chi connectivity index (χ0) is 13.8. The van der Waals surface area contributed by atoms with Crippen molar-refractivity contribution in [3.05, 3.63) is 24.3 Å². The van der Waals surface area contributed by atoms with Gasteiger partial charge in [-0.3, -0.25) is 5.32 Å². The zero-order valence-corrected chi connectivity index (χ0v) is 11.4. The number of para-hydroxylation sites is 2. The number of amides is 1. The maximum atomic E-state index is 11.8. The molecular formula is C15H21NO3. The predicted molar refractivity (Wildman–Crippen MR) is 74.2 cm³/mol. The van der Waals surface area contributed by atoms with E-state index >= 15 is 0 Å². The number of nitrogens with one attached hydrogen (secondary N) is 1. The standard InChI is InChI=1S/C15H21NO3/c1-10-6-5-9-14(11(10)2)19-15(18)16-12-7-3-4-8-13(12)17/h3-4,7-8,10-11,14,17H,5-6,9H2,1-2H3,(H,16,18). The minimum absolute atomic E-state index is 0.0328. The highest BCUT2D eigenvalue weighted by molar-refractivity contribution is 5.86. The quantitative estimate of drug-likeness (QED) is 0.799. The van der Waals surface area contributed by atoms with E-state index in [0.717, 1.165) is 12.8 Å². The fraction of sp³-hybridized carbons (Fsp3) is 0.533. The zero-order valence-electron chi connectivity index (χ0n) is 11.4. The van der Waals surface area contributed by atoms with Crippen LogP contribution >= 0.6 is 0 Å². The number of phenols is 1. The van der Waals surface area contributed by atoms with Crippen LogP contribution < -0.4 is 5.32 Å². The normalized spacial score (nSPS) is 26.7. The first kappa shape index (κ1) is 13.7. The molecule has 0 aliphatic heterocycles. The molecule has 1 aliphatic rings. The van der Waals surface area contributed by atoms with Gasteiger partial charge in [-0.2, -0.15) is 0 Å². The van der Waals surface area contributed by atoms with Crippen LogP contribution in [0.15, 0.2) is 24.3 Å². The molecule has 1 fully saturated rings. The maximum absolute atomic E-state index is 11.8. The highest BCUT2D eigenvalue weighted by Crippen LogP contribution is 2.32. The van der Waals surface area contributed by atoms with Gasteiger partial charge in [-0.05, 0) is 36.8 Å². The summed E-state index contributed by atoms with van der Waals surface area (Å²) in [6, 6.07) is 6.63. The van der Waals surface area contributed by atoms with E-state index in [0.29, 0.717) is 17.5 Å². The van der Waals surface area contributed by atoms with E-state index in [4.69, 9.17) is 4.74 Å². The number of anilines is 1. The van der Waals surface area contributed by atoms with Gasteiger partial charge in [-0.15, -0.1) is 0 Å². The molecule has 0 spiro atoms. The van der Waals surface area contributed by atoms with E-state index < -0.39 is 6.09 Å². The molecule has 2 rings (SSSR count). The van der Waals surface area contributed by atoms with Crippen LogP contribution in [0.1, 0.15) is 33.1 Å². The summed E-state index contributed by atoms with van der Waals surface area (Å²) in [6.45, 7) is 4.32. The molecule has 1 aliphatic carbocycles. The third-order valence-corrected chi connectivity index (χ3v) is 4.03. The highest BCUT2D eigenvalue weighted by Gasteiger charge is 2.29. The second-order valence-corrected chi connectivity index (χ2v) is 5.35. The summed E-state index contributed by atoms with van der Waals surface area (Å²) in [5, 5.41) is 12.2. The van der Waals surface area contributed by atoms with E-state index in [1.165, 1.54) is 12.5 Å². The largest absolute Gasteiger partial charge is 0.506 e. The van der Waals surface area contributed by atoms with Gasteiger partial charge in [-0.1, -0.05) is 32.4 Å². The molecule has 0 aromatic heterocycles. The summed E-state index contributed by atoms with van der Waals surface area (Å²) in [7, 11) is 0. The Balaban J connectivity index is 1.93. The third-order valence-electron chi connectivity index (χ3n) is 4.03. The average molecular weight is 263 g/mol. The third kappa shape index (κ3) is 3.40. The van der Waals surface area contributed by atoms with Crippen molar-refractivity contribution in [3.8, 4) is 5.75 Å². The molecule has 4 heteroatoms. The molecule has 1 saturated carbocycles. The Morgan fingerprint density at radius 2 is 2.05 bits per heavy atom. The van der Waals surface area contributed by atoms with Gasteiger partial charge < -0.3 is 9.84 Å². The lowest BCUT2D eigenvalue weighted by Crippen LogP contribution is -2.34. The Bertz CT molecular complexity index is 447. The monoisotopic (exact) mass is 263 g/mol. The number of aromatic hydroxyl groups is 1. The Labute approximate surface area is 113 Å². The molecule has 0 saturated heterocycles. The molecule has 4 nitrogen and oxygen atoms in total. The number of carbonyl (C=O) groups is 1. The summed E-state index contributed by atoms with van der Waals surface area (Å²) >= 11 is 0. The summed E-state index contributed by atoms with van der Waals surface area (Å²) in [5.74, 6) is 1.00. The van der Waals surface area contributed by atoms with E-state index in [2.05, 4.69) is 19.2 Å². The fourth-order valence-corrected chi connectivity index (χ4v) is 2.56. The van der Waals surface area contributed by atoms with Crippen molar-refractivity contribution in [1.29, 1.82) is 0 Å². The topological polar surface area (TPSA) is 58.6 Å². The number of hydrogen-bond donors (Lipinski definition) is 2. The number of rotatable bonds is 2. The number of carbonyl (C=O) groups excluding carboxylic acids is 1. The van der Waals surface area contributed by atoms with Crippen LogP contribution in [0, 0.1) is 11.8 Å². The van der Waals surface area contributed by atoms with Crippen LogP contribution in [0.25, 0.3) is 0 Å². The average Bonchev–Trinajstić information content (AvgIpc) is 2.38. The summed E-state index contributed by atoms with van der Waals surface area (Å²) in [4.78, 5) is 11.8. The van der Waals surface area contributed by atoms with Crippen molar-refractivity contribution in [2.75, 3.05) is 5.32 Å². The van der Waals surface area contributed by atoms with Crippen molar-refractivity contribution in [1.82, 2.24) is 0 Å². The van der Waals surface area contributed by atoms with Crippen LogP contribution in [0.3, 0.4) is 0 Å². The van der Waals surface area contributed by atoms with Crippen molar-refractivity contribution in [2.45, 2.75) is 39.2 Å². The van der Waals surface area contributed by atoms with Crippen molar-refractivity contribution >= 4 is 11.8 Å². The summed E-state index contributed by atoms with van der Waals surface area (Å²) in [5.41, 5.74) is 0.379. The number of benzene rings is 1. The van der Waals surface area contributed by atoms with Gasteiger partial charge in [0, 0.05) is 0 Å². The maximum Gasteiger partial charge on any atom is 0.412 e. The molecule has 0 heterocycles. The van der Waals surface area contributed by atoms with Gasteiger partial charge in [0.2, 0.25) is 0 Å². The van der Waals surface area contributed by atoms with Crippen LogP contribution in [-0.2, 0) is 4.74 Å². The first-order chi connectivity index (χ1) is 9.08. The molecule has 0 radical (unpaired) electrons. The second-order valence-electron chi connectivity index (χ2n) is 5.35. The van der Waals surface area contributed by atoms with E-state index in [9.17, 15) is 9.90 Å². The lowest BCUT2D eigenvalue weighted by atomic mass is 9.79. The fourth-order valence-electron chi connectivity index (χ4n) is 2.56. The SMILES string of the molecule is CC1CCCC(OC(=O)Nc2ccccc2O)C1C. The minimum atomic E-state index is -0.493. The van der Waals surface area contributed by atoms with Gasteiger partial charge in [0.25, 0.3) is 0 Å². The van der Waals surface area contributed by atoms with Crippen molar-refractivity contribution in [3.63, 3.8) is 0 Å². The molecular weight excluding hydrogens is 242 g/mol. The van der Waals surface area contributed by atoms with E-state index in [1.807, 2.05) is 0 Å². The molecule has 1 aromatic carbocycles. The lowest BCUT2D eigenvalue weighted by molar-refractivity contribution is 0.0301. The Hall–Kier alpha value is -1.71.